The molecule has 0 saturated carbocycles. The third kappa shape index (κ3) is 2.18. The third-order valence-corrected chi connectivity index (χ3v) is 1.98. The van der Waals surface area contributed by atoms with Crippen LogP contribution in [0, 0.1) is 11.3 Å². The Labute approximate surface area is 67.3 Å². The molecule has 1 aliphatic rings. The van der Waals surface area contributed by atoms with E-state index in [1.54, 1.807) is 0 Å². The van der Waals surface area contributed by atoms with Crippen LogP contribution in [0.2, 0.25) is 0 Å². The van der Waals surface area contributed by atoms with Crippen molar-refractivity contribution >= 4 is 0 Å². The van der Waals surface area contributed by atoms with Gasteiger partial charge in [0.15, 0.2) is 0 Å². The minimum Gasteiger partial charge on any atom is -0.379 e. The molecule has 0 aromatic rings. The zero-order chi connectivity index (χ0) is 8.32. The Kier molecular flexibility index (Phi) is 2.48. The van der Waals surface area contributed by atoms with Gasteiger partial charge in [-0.1, -0.05) is 0 Å². The molecule has 1 fully saturated rings. The van der Waals surface area contributed by atoms with E-state index < -0.39 is 0 Å². The van der Waals surface area contributed by atoms with Crippen LogP contribution in [0.1, 0.15) is 20.3 Å². The van der Waals surface area contributed by atoms with E-state index in [0.717, 1.165) is 19.6 Å². The number of nitriles is 1. The summed E-state index contributed by atoms with van der Waals surface area (Å²) in [7, 11) is 0. The summed E-state index contributed by atoms with van der Waals surface area (Å²) in [5, 5.41) is 11.8. The van der Waals surface area contributed by atoms with E-state index in [1.807, 2.05) is 6.92 Å². The smallest absolute Gasteiger partial charge is 0.0929 e. The lowest BCUT2D eigenvalue weighted by molar-refractivity contribution is 0.170. The summed E-state index contributed by atoms with van der Waals surface area (Å²) < 4.78 is 5.23. The Morgan fingerprint density at radius 1 is 1.73 bits per heavy atom. The minimum absolute atomic E-state index is 0.0230. The Hall–Kier alpha value is -0.590. The van der Waals surface area contributed by atoms with Crippen molar-refractivity contribution in [1.29, 1.82) is 5.26 Å². The molecule has 0 radical (unpaired) electrons. The molecule has 1 saturated heterocycles. The first kappa shape index (κ1) is 8.51. The van der Waals surface area contributed by atoms with Crippen molar-refractivity contribution < 1.29 is 4.74 Å². The van der Waals surface area contributed by atoms with Crippen LogP contribution in [0.15, 0.2) is 0 Å². The van der Waals surface area contributed by atoms with E-state index in [9.17, 15) is 0 Å². The third-order valence-electron chi connectivity index (χ3n) is 1.98. The minimum atomic E-state index is -0.0818. The first-order chi connectivity index (χ1) is 5.16. The highest BCUT2D eigenvalue weighted by Crippen LogP contribution is 2.17. The molecule has 11 heavy (non-hydrogen) atoms. The Morgan fingerprint density at radius 2 is 2.45 bits per heavy atom. The van der Waals surface area contributed by atoms with Gasteiger partial charge in [-0.15, -0.1) is 0 Å². The summed E-state index contributed by atoms with van der Waals surface area (Å²) in [6.45, 7) is 5.48. The molecule has 1 N–H and O–H groups in total. The number of nitrogens with zero attached hydrogens (tertiary/aromatic N) is 1. The Bertz CT molecular complexity index is 167. The molecule has 0 amide bonds. The molecule has 0 spiro atoms. The Morgan fingerprint density at radius 3 is 2.91 bits per heavy atom. The zero-order valence-corrected chi connectivity index (χ0v) is 7.05. The van der Waals surface area contributed by atoms with E-state index in [-0.39, 0.29) is 11.6 Å². The molecule has 1 rings (SSSR count). The van der Waals surface area contributed by atoms with Crippen molar-refractivity contribution in [3.05, 3.63) is 0 Å². The molecular formula is C8H14N2O. The average molecular weight is 154 g/mol. The van der Waals surface area contributed by atoms with Crippen LogP contribution in [0.4, 0.5) is 0 Å². The highest BCUT2D eigenvalue weighted by atomic mass is 16.5. The summed E-state index contributed by atoms with van der Waals surface area (Å²) in [6, 6.07) is 2.07. The number of hydrogen-bond acceptors (Lipinski definition) is 3. The standard InChI is InChI=1S/C8H14N2O/c1-7(5-9)10-8(2)3-4-11-6-8/h7,10H,3-4,6H2,1-2H3. The van der Waals surface area contributed by atoms with Gasteiger partial charge in [0.05, 0.1) is 18.7 Å². The van der Waals surface area contributed by atoms with Crippen molar-refractivity contribution in [3.63, 3.8) is 0 Å². The normalized spacial score (nSPS) is 33.2. The van der Waals surface area contributed by atoms with E-state index in [4.69, 9.17) is 10.00 Å². The van der Waals surface area contributed by atoms with Crippen molar-refractivity contribution in [2.75, 3.05) is 13.2 Å². The second-order valence-corrected chi connectivity index (χ2v) is 3.36. The maximum absolute atomic E-state index is 8.56. The maximum atomic E-state index is 8.56. The topological polar surface area (TPSA) is 45.0 Å². The molecule has 2 atom stereocenters. The van der Waals surface area contributed by atoms with Crippen molar-refractivity contribution in [2.45, 2.75) is 31.8 Å². The van der Waals surface area contributed by atoms with Crippen molar-refractivity contribution in [2.24, 2.45) is 0 Å². The highest BCUT2D eigenvalue weighted by molar-refractivity contribution is 4.95. The zero-order valence-electron chi connectivity index (χ0n) is 7.05. The van der Waals surface area contributed by atoms with E-state index in [0.29, 0.717) is 0 Å². The van der Waals surface area contributed by atoms with Gasteiger partial charge in [0.2, 0.25) is 0 Å². The average Bonchev–Trinajstić information content (AvgIpc) is 2.36. The second kappa shape index (κ2) is 3.21. The summed E-state index contributed by atoms with van der Waals surface area (Å²) >= 11 is 0. The van der Waals surface area contributed by atoms with Crippen LogP contribution in [0.25, 0.3) is 0 Å². The quantitative estimate of drug-likeness (QED) is 0.635. The maximum Gasteiger partial charge on any atom is 0.0929 e. The van der Waals surface area contributed by atoms with Gasteiger partial charge in [0, 0.05) is 12.1 Å². The molecule has 0 aromatic carbocycles. The van der Waals surface area contributed by atoms with Gasteiger partial charge < -0.3 is 4.74 Å². The number of hydrogen-bond donors (Lipinski definition) is 1. The largest absolute Gasteiger partial charge is 0.379 e. The number of ether oxygens (including phenoxy) is 1. The molecule has 1 heterocycles. The summed E-state index contributed by atoms with van der Waals surface area (Å²) in [5.41, 5.74) is 0.0230. The summed E-state index contributed by atoms with van der Waals surface area (Å²) in [6.07, 6.45) is 0.999. The molecule has 62 valence electrons. The summed E-state index contributed by atoms with van der Waals surface area (Å²) in [5.74, 6) is 0. The van der Waals surface area contributed by atoms with E-state index >= 15 is 0 Å². The lowest BCUT2D eigenvalue weighted by Crippen LogP contribution is -2.47. The molecule has 0 bridgehead atoms. The van der Waals surface area contributed by atoms with Crippen LogP contribution in [-0.2, 0) is 4.74 Å². The fourth-order valence-corrected chi connectivity index (χ4v) is 1.34. The first-order valence-corrected chi connectivity index (χ1v) is 3.91. The van der Waals surface area contributed by atoms with Crippen LogP contribution < -0.4 is 5.32 Å². The van der Waals surface area contributed by atoms with Crippen LogP contribution in [0.5, 0.6) is 0 Å². The highest BCUT2D eigenvalue weighted by Gasteiger charge is 2.30. The fraction of sp³-hybridized carbons (Fsp3) is 0.875. The predicted octanol–water partition coefficient (Wildman–Crippen LogP) is 0.667. The number of nitrogens with one attached hydrogen (secondary N) is 1. The predicted molar refractivity (Wildman–Crippen MR) is 42.1 cm³/mol. The molecular weight excluding hydrogens is 140 g/mol. The van der Waals surface area contributed by atoms with E-state index in [2.05, 4.69) is 18.3 Å². The van der Waals surface area contributed by atoms with Gasteiger partial charge >= 0.3 is 0 Å². The van der Waals surface area contributed by atoms with Gasteiger partial charge in [0.1, 0.15) is 0 Å². The molecule has 0 aromatic heterocycles. The Balaban J connectivity index is 2.41. The molecule has 0 aliphatic carbocycles. The molecule has 3 heteroatoms. The lowest BCUT2D eigenvalue weighted by Gasteiger charge is -2.24. The molecule has 1 aliphatic heterocycles. The number of rotatable bonds is 2. The summed E-state index contributed by atoms with van der Waals surface area (Å²) in [4.78, 5) is 0. The second-order valence-electron chi connectivity index (χ2n) is 3.36. The van der Waals surface area contributed by atoms with Gasteiger partial charge in [0.25, 0.3) is 0 Å². The molecule has 2 unspecified atom stereocenters. The lowest BCUT2D eigenvalue weighted by atomic mass is 10.0. The van der Waals surface area contributed by atoms with Crippen LogP contribution >= 0.6 is 0 Å². The van der Waals surface area contributed by atoms with Gasteiger partial charge in [-0.3, -0.25) is 5.32 Å². The van der Waals surface area contributed by atoms with Crippen LogP contribution in [-0.4, -0.2) is 24.8 Å². The first-order valence-electron chi connectivity index (χ1n) is 3.91. The monoisotopic (exact) mass is 154 g/mol. The van der Waals surface area contributed by atoms with Crippen LogP contribution in [0.3, 0.4) is 0 Å². The SMILES string of the molecule is CC(C#N)NC1(C)CCOC1. The van der Waals surface area contributed by atoms with Crippen molar-refractivity contribution in [3.8, 4) is 6.07 Å². The van der Waals surface area contributed by atoms with Crippen molar-refractivity contribution in [1.82, 2.24) is 5.32 Å². The van der Waals surface area contributed by atoms with Gasteiger partial charge in [-0.25, -0.2) is 0 Å². The van der Waals surface area contributed by atoms with Gasteiger partial charge in [-0.2, -0.15) is 5.26 Å². The van der Waals surface area contributed by atoms with Gasteiger partial charge in [-0.05, 0) is 20.3 Å². The van der Waals surface area contributed by atoms with E-state index in [1.165, 1.54) is 0 Å². The molecule has 3 nitrogen and oxygen atoms in total. The fourth-order valence-electron chi connectivity index (χ4n) is 1.34.